The van der Waals surface area contributed by atoms with Crippen LogP contribution in [0.5, 0.6) is 0 Å². The molecule has 3 atom stereocenters. The number of benzene rings is 1. The van der Waals surface area contributed by atoms with E-state index in [0.29, 0.717) is 12.1 Å². The number of rotatable bonds is 7. The number of aliphatic hydroxyl groups is 1. The molecule has 1 unspecified atom stereocenters. The smallest absolute Gasteiger partial charge is 0.418 e. The third-order valence-corrected chi connectivity index (χ3v) is 6.38. The van der Waals surface area contributed by atoms with Crippen molar-refractivity contribution in [1.82, 2.24) is 20.2 Å². The molecule has 2 saturated heterocycles. The van der Waals surface area contributed by atoms with E-state index in [0.717, 1.165) is 4.90 Å². The zero-order valence-electron chi connectivity index (χ0n) is 20.7. The SMILES string of the molecule is CC(=O)NC1CCN(Cc2ccc([C@H](C)Nc3nccc(N4C(=O)OC[C@]4(C)O)n3)cc2F)CC1(F)F. The second kappa shape index (κ2) is 10.1. The molecule has 1 aromatic heterocycles. The highest BCUT2D eigenvalue weighted by molar-refractivity contribution is 5.89. The van der Waals surface area contributed by atoms with Crippen LogP contribution < -0.4 is 15.5 Å². The number of anilines is 2. The number of amides is 2. The summed E-state index contributed by atoms with van der Waals surface area (Å²) in [6.07, 6.45) is 0.738. The zero-order chi connectivity index (χ0) is 27.0. The van der Waals surface area contributed by atoms with Crippen molar-refractivity contribution in [3.8, 4) is 0 Å². The van der Waals surface area contributed by atoms with Crippen LogP contribution >= 0.6 is 0 Å². The lowest BCUT2D eigenvalue weighted by atomic mass is 9.99. The van der Waals surface area contributed by atoms with E-state index in [1.807, 2.05) is 0 Å². The molecule has 37 heavy (non-hydrogen) atoms. The van der Waals surface area contributed by atoms with Gasteiger partial charge < -0.3 is 20.5 Å². The third kappa shape index (κ3) is 5.93. The molecule has 0 radical (unpaired) electrons. The number of ether oxygens (including phenoxy) is 1. The summed E-state index contributed by atoms with van der Waals surface area (Å²) in [6, 6.07) is 4.33. The van der Waals surface area contributed by atoms with Crippen molar-refractivity contribution in [3.05, 3.63) is 47.4 Å². The first kappa shape index (κ1) is 26.6. The molecular weight excluding hydrogens is 493 g/mol. The predicted molar refractivity (Wildman–Crippen MR) is 127 cm³/mol. The minimum Gasteiger partial charge on any atom is -0.444 e. The normalized spacial score (nSPS) is 24.5. The lowest BCUT2D eigenvalue weighted by molar-refractivity contribution is -0.129. The number of nitrogens with one attached hydrogen (secondary N) is 2. The standard InChI is InChI=1S/C24H29F3N6O4/c1-14(29-21-28-8-6-20(31-21)33-22(35)37-13-23(33,3)36)16-4-5-17(18(25)10-16)11-32-9-7-19(30-15(2)34)24(26,27)12-32/h4-6,8,10,14,19,36H,7,9,11-13H2,1-3H3,(H,30,34)(H,28,29,31)/t14-,19?,23-/m0/s1. The molecule has 0 spiro atoms. The molecule has 13 heteroatoms. The first-order valence-electron chi connectivity index (χ1n) is 11.8. The summed E-state index contributed by atoms with van der Waals surface area (Å²) in [7, 11) is 0. The van der Waals surface area contributed by atoms with E-state index in [4.69, 9.17) is 4.74 Å². The Bertz CT molecular complexity index is 1180. The summed E-state index contributed by atoms with van der Waals surface area (Å²) in [5.74, 6) is -3.88. The minimum absolute atomic E-state index is 0.00726. The Morgan fingerprint density at radius 3 is 2.73 bits per heavy atom. The van der Waals surface area contributed by atoms with Crippen molar-refractivity contribution in [1.29, 1.82) is 0 Å². The van der Waals surface area contributed by atoms with Gasteiger partial charge in [0.05, 0.1) is 18.6 Å². The highest BCUT2D eigenvalue weighted by Crippen LogP contribution is 2.30. The molecule has 3 heterocycles. The lowest BCUT2D eigenvalue weighted by Crippen LogP contribution is -2.57. The maximum Gasteiger partial charge on any atom is 0.418 e. The van der Waals surface area contributed by atoms with Crippen LogP contribution in [0.25, 0.3) is 0 Å². The van der Waals surface area contributed by atoms with Crippen LogP contribution in [-0.2, 0) is 16.1 Å². The van der Waals surface area contributed by atoms with Crippen LogP contribution in [-0.4, -0.2) is 69.4 Å². The number of likely N-dealkylation sites (tertiary alicyclic amines) is 1. The molecule has 4 rings (SSSR count). The van der Waals surface area contributed by atoms with E-state index in [-0.39, 0.29) is 36.9 Å². The van der Waals surface area contributed by atoms with Crippen LogP contribution in [0.15, 0.2) is 30.5 Å². The number of aromatic nitrogens is 2. The molecule has 3 N–H and O–H groups in total. The summed E-state index contributed by atoms with van der Waals surface area (Å²) in [5, 5.41) is 15.7. The number of carbonyl (C=O) groups is 2. The van der Waals surface area contributed by atoms with Crippen LogP contribution in [0.1, 0.15) is 44.4 Å². The van der Waals surface area contributed by atoms with Crippen LogP contribution in [0, 0.1) is 5.82 Å². The number of nitrogens with zero attached hydrogens (tertiary/aromatic N) is 4. The maximum absolute atomic E-state index is 14.9. The number of hydrogen-bond acceptors (Lipinski definition) is 8. The second-order valence-corrected chi connectivity index (χ2v) is 9.58. The Morgan fingerprint density at radius 1 is 1.35 bits per heavy atom. The van der Waals surface area contributed by atoms with Gasteiger partial charge in [0.2, 0.25) is 11.9 Å². The van der Waals surface area contributed by atoms with E-state index < -0.39 is 48.1 Å². The summed E-state index contributed by atoms with van der Waals surface area (Å²) in [5.41, 5.74) is -0.716. The fraction of sp³-hybridized carbons (Fsp3) is 0.500. The molecule has 0 bridgehead atoms. The van der Waals surface area contributed by atoms with Gasteiger partial charge in [0.15, 0.2) is 5.72 Å². The summed E-state index contributed by atoms with van der Waals surface area (Å²) in [4.78, 5) is 34.1. The lowest BCUT2D eigenvalue weighted by Gasteiger charge is -2.38. The maximum atomic E-state index is 14.9. The van der Waals surface area contributed by atoms with Gasteiger partial charge in [-0.15, -0.1) is 0 Å². The van der Waals surface area contributed by atoms with Crippen molar-refractivity contribution in [3.63, 3.8) is 0 Å². The van der Waals surface area contributed by atoms with Gasteiger partial charge in [0.1, 0.15) is 18.2 Å². The summed E-state index contributed by atoms with van der Waals surface area (Å²) >= 11 is 0. The van der Waals surface area contributed by atoms with E-state index >= 15 is 0 Å². The van der Waals surface area contributed by atoms with Gasteiger partial charge in [-0.05, 0) is 38.0 Å². The van der Waals surface area contributed by atoms with Gasteiger partial charge in [-0.3, -0.25) is 9.69 Å². The zero-order valence-corrected chi connectivity index (χ0v) is 20.7. The quantitative estimate of drug-likeness (QED) is 0.508. The summed E-state index contributed by atoms with van der Waals surface area (Å²) < 4.78 is 48.7. The van der Waals surface area contributed by atoms with E-state index in [1.165, 1.54) is 37.1 Å². The molecule has 2 amide bonds. The Hall–Kier alpha value is -3.45. The fourth-order valence-electron chi connectivity index (χ4n) is 4.46. The molecular formula is C24H29F3N6O4. The van der Waals surface area contributed by atoms with Crippen LogP contribution in [0.4, 0.5) is 29.7 Å². The number of cyclic esters (lactones) is 1. The Morgan fingerprint density at radius 2 is 2.11 bits per heavy atom. The van der Waals surface area contributed by atoms with Gasteiger partial charge in [0.25, 0.3) is 5.92 Å². The van der Waals surface area contributed by atoms with Crippen molar-refractivity contribution in [2.45, 2.75) is 57.5 Å². The average molecular weight is 523 g/mol. The number of alkyl halides is 2. The van der Waals surface area contributed by atoms with Crippen molar-refractivity contribution >= 4 is 23.8 Å². The Balaban J connectivity index is 1.41. The summed E-state index contributed by atoms with van der Waals surface area (Å²) in [6.45, 7) is 3.91. The van der Waals surface area contributed by atoms with Crippen molar-refractivity contribution < 1.29 is 32.6 Å². The van der Waals surface area contributed by atoms with Crippen molar-refractivity contribution in [2.75, 3.05) is 29.9 Å². The first-order chi connectivity index (χ1) is 17.4. The molecule has 1 aromatic carbocycles. The van der Waals surface area contributed by atoms with E-state index in [1.54, 1.807) is 19.1 Å². The molecule has 2 aliphatic rings. The molecule has 2 aromatic rings. The van der Waals surface area contributed by atoms with E-state index in [9.17, 15) is 27.9 Å². The molecule has 2 fully saturated rings. The molecule has 2 aliphatic heterocycles. The van der Waals surface area contributed by atoms with Gasteiger partial charge in [-0.1, -0.05) is 12.1 Å². The first-order valence-corrected chi connectivity index (χ1v) is 11.8. The molecule has 10 nitrogen and oxygen atoms in total. The number of piperidine rings is 1. The average Bonchev–Trinajstić information content (AvgIpc) is 3.08. The van der Waals surface area contributed by atoms with Crippen LogP contribution in [0.3, 0.4) is 0 Å². The molecule has 0 aliphatic carbocycles. The molecule has 200 valence electrons. The highest BCUT2D eigenvalue weighted by Gasteiger charge is 2.45. The second-order valence-electron chi connectivity index (χ2n) is 9.58. The topological polar surface area (TPSA) is 120 Å². The minimum atomic E-state index is -3.12. The van der Waals surface area contributed by atoms with E-state index in [2.05, 4.69) is 20.6 Å². The largest absolute Gasteiger partial charge is 0.444 e. The number of halogens is 3. The van der Waals surface area contributed by atoms with Crippen LogP contribution in [0.2, 0.25) is 0 Å². The van der Waals surface area contributed by atoms with Gasteiger partial charge in [-0.2, -0.15) is 4.98 Å². The highest BCUT2D eigenvalue weighted by atomic mass is 19.3. The number of carbonyl (C=O) groups excluding carboxylic acids is 2. The van der Waals surface area contributed by atoms with Gasteiger partial charge >= 0.3 is 6.09 Å². The van der Waals surface area contributed by atoms with Crippen molar-refractivity contribution in [2.24, 2.45) is 0 Å². The predicted octanol–water partition coefficient (Wildman–Crippen LogP) is 2.80. The van der Waals surface area contributed by atoms with Gasteiger partial charge in [-0.25, -0.2) is 27.8 Å². The third-order valence-electron chi connectivity index (χ3n) is 6.38. The van der Waals surface area contributed by atoms with Gasteiger partial charge in [0, 0.05) is 31.8 Å². The monoisotopic (exact) mass is 522 g/mol. The fourth-order valence-corrected chi connectivity index (χ4v) is 4.46. The Labute approximate surface area is 211 Å². The number of hydrogen-bond donors (Lipinski definition) is 3. The molecule has 0 saturated carbocycles. The Kier molecular flexibility index (Phi) is 7.29.